The first-order valence-corrected chi connectivity index (χ1v) is 11.7. The standard InChI is InChI=1S/C25H27ClN4O2/c1-29-21-12-5-3-10-19(21)28-23(29)15-27-24(31)22-14-16-7-2-4-11-20(16)30(22)25(32)17-8-6-9-18(26)13-17/h3,5-6,8-10,12-13,16,20,22H,2,4,7,11,14-15H2,1H3,(H,27,31)/t16-,20+,22-/m0/s1. The molecule has 3 atom stereocenters. The van der Waals surface area contributed by atoms with Crippen LogP contribution in [0, 0.1) is 5.92 Å². The molecule has 0 spiro atoms. The molecule has 0 radical (unpaired) electrons. The number of nitrogens with one attached hydrogen (secondary N) is 1. The second-order valence-corrected chi connectivity index (χ2v) is 9.32. The minimum absolute atomic E-state index is 0.107. The number of halogens is 1. The zero-order valence-electron chi connectivity index (χ0n) is 18.1. The SMILES string of the molecule is Cn1c(CNC(=O)[C@@H]2C[C@@H]3CCCC[C@H]3N2C(=O)c2cccc(Cl)c2)nc2ccccc21. The van der Waals surface area contributed by atoms with Crippen molar-refractivity contribution in [3.05, 3.63) is 64.9 Å². The van der Waals surface area contributed by atoms with Crippen LogP contribution in [0.5, 0.6) is 0 Å². The zero-order valence-corrected chi connectivity index (χ0v) is 18.9. The first-order chi connectivity index (χ1) is 15.5. The Hall–Kier alpha value is -2.86. The number of benzene rings is 2. The number of amides is 2. The molecule has 3 aromatic rings. The molecule has 2 aromatic carbocycles. The minimum atomic E-state index is -0.468. The van der Waals surface area contributed by atoms with Crippen molar-refractivity contribution in [2.75, 3.05) is 0 Å². The van der Waals surface area contributed by atoms with Gasteiger partial charge in [0.05, 0.1) is 17.6 Å². The fourth-order valence-electron chi connectivity index (χ4n) is 5.39. The van der Waals surface area contributed by atoms with E-state index in [1.807, 2.05) is 40.8 Å². The smallest absolute Gasteiger partial charge is 0.254 e. The van der Waals surface area contributed by atoms with E-state index in [0.29, 0.717) is 29.5 Å². The van der Waals surface area contributed by atoms with Crippen LogP contribution in [0.25, 0.3) is 11.0 Å². The van der Waals surface area contributed by atoms with Crippen LogP contribution in [0.2, 0.25) is 5.02 Å². The first-order valence-electron chi connectivity index (χ1n) is 11.3. The Morgan fingerprint density at radius 1 is 1.12 bits per heavy atom. The van der Waals surface area contributed by atoms with Crippen LogP contribution in [0.15, 0.2) is 48.5 Å². The van der Waals surface area contributed by atoms with Crippen molar-refractivity contribution in [3.8, 4) is 0 Å². The van der Waals surface area contributed by atoms with Crippen molar-refractivity contribution in [2.45, 2.75) is 50.7 Å². The molecule has 5 rings (SSSR count). The lowest BCUT2D eigenvalue weighted by atomic mass is 9.84. The molecule has 1 aliphatic heterocycles. The van der Waals surface area contributed by atoms with E-state index in [4.69, 9.17) is 11.6 Å². The van der Waals surface area contributed by atoms with Crippen LogP contribution >= 0.6 is 11.6 Å². The number of carbonyl (C=O) groups excluding carboxylic acids is 2. The van der Waals surface area contributed by atoms with Gasteiger partial charge in [-0.2, -0.15) is 0 Å². The van der Waals surface area contributed by atoms with Crippen molar-refractivity contribution in [1.29, 1.82) is 0 Å². The molecule has 1 saturated carbocycles. The van der Waals surface area contributed by atoms with Gasteiger partial charge in [-0.1, -0.05) is 42.6 Å². The Kier molecular flexibility index (Phi) is 5.64. The monoisotopic (exact) mass is 450 g/mol. The van der Waals surface area contributed by atoms with Gasteiger partial charge in [0.2, 0.25) is 5.91 Å². The van der Waals surface area contributed by atoms with Crippen molar-refractivity contribution in [3.63, 3.8) is 0 Å². The van der Waals surface area contributed by atoms with Gasteiger partial charge in [0.15, 0.2) is 0 Å². The van der Waals surface area contributed by atoms with Crippen LogP contribution in [-0.2, 0) is 18.4 Å². The zero-order chi connectivity index (χ0) is 22.2. The van der Waals surface area contributed by atoms with E-state index in [-0.39, 0.29) is 17.9 Å². The molecule has 2 heterocycles. The van der Waals surface area contributed by atoms with E-state index in [2.05, 4.69) is 10.3 Å². The van der Waals surface area contributed by atoms with Gasteiger partial charge in [0, 0.05) is 23.7 Å². The third kappa shape index (κ3) is 3.77. The molecule has 2 fully saturated rings. The highest BCUT2D eigenvalue weighted by Crippen LogP contribution is 2.40. The van der Waals surface area contributed by atoms with Crippen LogP contribution in [0.1, 0.15) is 48.3 Å². The van der Waals surface area contributed by atoms with Gasteiger partial charge >= 0.3 is 0 Å². The van der Waals surface area contributed by atoms with Crippen LogP contribution in [0.3, 0.4) is 0 Å². The third-order valence-electron chi connectivity index (χ3n) is 7.00. The van der Waals surface area contributed by atoms with Gasteiger partial charge < -0.3 is 14.8 Å². The number of nitrogens with zero attached hydrogens (tertiary/aromatic N) is 3. The maximum Gasteiger partial charge on any atom is 0.254 e. The van der Waals surface area contributed by atoms with E-state index in [1.165, 1.54) is 0 Å². The van der Waals surface area contributed by atoms with Crippen LogP contribution in [-0.4, -0.2) is 38.3 Å². The van der Waals surface area contributed by atoms with Gasteiger partial charge in [0.25, 0.3) is 5.91 Å². The van der Waals surface area contributed by atoms with Gasteiger partial charge in [-0.15, -0.1) is 0 Å². The molecule has 2 amide bonds. The molecule has 32 heavy (non-hydrogen) atoms. The number of hydrogen-bond acceptors (Lipinski definition) is 3. The van der Waals surface area contributed by atoms with Gasteiger partial charge in [-0.25, -0.2) is 4.98 Å². The summed E-state index contributed by atoms with van der Waals surface area (Å²) in [5.41, 5.74) is 2.47. The summed E-state index contributed by atoms with van der Waals surface area (Å²) in [6.07, 6.45) is 4.98. The number of rotatable bonds is 4. The number of para-hydroxylation sites is 2. The molecular weight excluding hydrogens is 424 g/mol. The lowest BCUT2D eigenvalue weighted by Crippen LogP contribution is -2.49. The topological polar surface area (TPSA) is 67.2 Å². The van der Waals surface area contributed by atoms with E-state index in [0.717, 1.165) is 42.5 Å². The summed E-state index contributed by atoms with van der Waals surface area (Å²) in [5, 5.41) is 3.58. The second kappa shape index (κ2) is 8.58. The normalized spacial score (nSPS) is 22.7. The maximum atomic E-state index is 13.5. The summed E-state index contributed by atoms with van der Waals surface area (Å²) in [4.78, 5) is 33.3. The molecule has 6 nitrogen and oxygen atoms in total. The number of imidazole rings is 1. The highest BCUT2D eigenvalue weighted by atomic mass is 35.5. The fraction of sp³-hybridized carbons (Fsp3) is 0.400. The first kappa shape index (κ1) is 21.0. The quantitative estimate of drug-likeness (QED) is 0.643. The van der Waals surface area contributed by atoms with E-state index in [9.17, 15) is 9.59 Å². The maximum absolute atomic E-state index is 13.5. The van der Waals surface area contributed by atoms with Crippen molar-refractivity contribution < 1.29 is 9.59 Å². The number of aryl methyl sites for hydroxylation is 1. The lowest BCUT2D eigenvalue weighted by Gasteiger charge is -2.33. The van der Waals surface area contributed by atoms with Crippen molar-refractivity contribution >= 4 is 34.4 Å². The summed E-state index contributed by atoms with van der Waals surface area (Å²) < 4.78 is 2.00. The average molecular weight is 451 g/mol. The van der Waals surface area contributed by atoms with E-state index < -0.39 is 6.04 Å². The molecule has 2 aliphatic rings. The predicted octanol–water partition coefficient (Wildman–Crippen LogP) is 4.32. The molecule has 1 aliphatic carbocycles. The minimum Gasteiger partial charge on any atom is -0.347 e. The third-order valence-corrected chi connectivity index (χ3v) is 7.23. The molecule has 1 aromatic heterocycles. The number of likely N-dealkylation sites (tertiary alicyclic amines) is 1. The van der Waals surface area contributed by atoms with Crippen molar-refractivity contribution in [2.24, 2.45) is 13.0 Å². The molecule has 0 unspecified atom stereocenters. The Bertz CT molecular complexity index is 1170. The largest absolute Gasteiger partial charge is 0.347 e. The van der Waals surface area contributed by atoms with Gasteiger partial charge in [0.1, 0.15) is 11.9 Å². The lowest BCUT2D eigenvalue weighted by molar-refractivity contribution is -0.125. The summed E-state index contributed by atoms with van der Waals surface area (Å²) >= 11 is 6.14. The summed E-state index contributed by atoms with van der Waals surface area (Å²) in [6, 6.07) is 14.6. The molecule has 0 bridgehead atoms. The Balaban J connectivity index is 1.37. The number of carbonyl (C=O) groups is 2. The number of aromatic nitrogens is 2. The van der Waals surface area contributed by atoms with Crippen LogP contribution in [0.4, 0.5) is 0 Å². The summed E-state index contributed by atoms with van der Waals surface area (Å²) in [7, 11) is 1.95. The number of fused-ring (bicyclic) bond motifs is 2. The predicted molar refractivity (Wildman–Crippen MR) is 124 cm³/mol. The van der Waals surface area contributed by atoms with Gasteiger partial charge in [-0.3, -0.25) is 9.59 Å². The molecule has 7 heteroatoms. The second-order valence-electron chi connectivity index (χ2n) is 8.88. The summed E-state index contributed by atoms with van der Waals surface area (Å²) in [6.45, 7) is 0.328. The highest BCUT2D eigenvalue weighted by molar-refractivity contribution is 6.31. The van der Waals surface area contributed by atoms with Crippen LogP contribution < -0.4 is 5.32 Å². The Morgan fingerprint density at radius 2 is 1.94 bits per heavy atom. The van der Waals surface area contributed by atoms with E-state index in [1.54, 1.807) is 24.3 Å². The average Bonchev–Trinajstić information content (AvgIpc) is 3.35. The molecule has 166 valence electrons. The molecule has 1 N–H and O–H groups in total. The molecule has 1 saturated heterocycles. The van der Waals surface area contributed by atoms with E-state index >= 15 is 0 Å². The Labute approximate surface area is 192 Å². The fourth-order valence-corrected chi connectivity index (χ4v) is 5.58. The Morgan fingerprint density at radius 3 is 2.75 bits per heavy atom. The number of hydrogen-bond donors (Lipinski definition) is 1. The highest BCUT2D eigenvalue weighted by Gasteiger charge is 2.47. The van der Waals surface area contributed by atoms with Crippen molar-refractivity contribution in [1.82, 2.24) is 19.8 Å². The van der Waals surface area contributed by atoms with Gasteiger partial charge in [-0.05, 0) is 55.5 Å². The summed E-state index contributed by atoms with van der Waals surface area (Å²) in [5.74, 6) is 0.952. The molecular formula is C25H27ClN4O2.